The first-order valence-electron chi connectivity index (χ1n) is 10.9. The molecule has 2 aliphatic rings. The van der Waals surface area contributed by atoms with Gasteiger partial charge in [0.1, 0.15) is 23.9 Å². The summed E-state index contributed by atoms with van der Waals surface area (Å²) in [6, 6.07) is 18.1. The molecule has 0 unspecified atom stereocenters. The number of pyridine rings is 1. The predicted molar refractivity (Wildman–Crippen MR) is 129 cm³/mol. The summed E-state index contributed by atoms with van der Waals surface area (Å²) in [5, 5.41) is 0. The molecule has 0 bridgehead atoms. The number of ether oxygens (including phenoxy) is 1. The number of nitrogens with zero attached hydrogens (tertiary/aromatic N) is 3. The average Bonchev–Trinajstić information content (AvgIpc) is 3.28. The average molecular weight is 471 g/mol. The van der Waals surface area contributed by atoms with E-state index in [1.54, 1.807) is 18.2 Å². The minimum atomic E-state index is -0.963. The van der Waals surface area contributed by atoms with Crippen molar-refractivity contribution in [3.63, 3.8) is 0 Å². The second-order valence-corrected chi connectivity index (χ2v) is 7.97. The summed E-state index contributed by atoms with van der Waals surface area (Å²) in [6.45, 7) is 4.48. The van der Waals surface area contributed by atoms with E-state index in [0.717, 1.165) is 22.8 Å². The third kappa shape index (κ3) is 4.66. The first-order chi connectivity index (χ1) is 17.0. The van der Waals surface area contributed by atoms with Gasteiger partial charge in [0, 0.05) is 30.6 Å². The Morgan fingerprint density at radius 1 is 0.886 bits per heavy atom. The van der Waals surface area contributed by atoms with E-state index in [0.29, 0.717) is 23.7 Å². The first-order valence-corrected chi connectivity index (χ1v) is 10.9. The highest BCUT2D eigenvalue weighted by atomic mass is 19.2. The SMILES string of the molecule is C=CCOc1cc(F)ccc1-c1ccc(Cn2ccc3nc(-c4cccc(F)c4F)nc-3c2)cc1. The van der Waals surface area contributed by atoms with Gasteiger partial charge < -0.3 is 9.30 Å². The Labute approximate surface area is 200 Å². The van der Waals surface area contributed by atoms with Crippen LogP contribution >= 0.6 is 0 Å². The number of imidazole rings is 1. The van der Waals surface area contributed by atoms with Gasteiger partial charge in [-0.25, -0.2) is 23.1 Å². The fraction of sp³-hybridized carbons (Fsp3) is 0.0714. The van der Waals surface area contributed by atoms with E-state index in [2.05, 4.69) is 16.5 Å². The van der Waals surface area contributed by atoms with Crippen LogP contribution in [0, 0.1) is 17.5 Å². The summed E-state index contributed by atoms with van der Waals surface area (Å²) in [6.07, 6.45) is 5.29. The van der Waals surface area contributed by atoms with Gasteiger partial charge in [-0.15, -0.1) is 0 Å². The third-order valence-electron chi connectivity index (χ3n) is 5.55. The molecule has 0 aromatic heterocycles. The van der Waals surface area contributed by atoms with E-state index >= 15 is 0 Å². The second-order valence-electron chi connectivity index (χ2n) is 7.97. The zero-order valence-corrected chi connectivity index (χ0v) is 18.6. The summed E-state index contributed by atoms with van der Waals surface area (Å²) in [4.78, 5) is 8.73. The summed E-state index contributed by atoms with van der Waals surface area (Å²) in [5.74, 6) is -1.66. The zero-order valence-electron chi connectivity index (χ0n) is 18.6. The second kappa shape index (κ2) is 9.46. The zero-order chi connectivity index (χ0) is 24.4. The van der Waals surface area contributed by atoms with Crippen molar-refractivity contribution in [1.29, 1.82) is 0 Å². The van der Waals surface area contributed by atoms with Gasteiger partial charge >= 0.3 is 0 Å². The number of rotatable bonds is 7. The fourth-order valence-electron chi connectivity index (χ4n) is 3.85. The summed E-state index contributed by atoms with van der Waals surface area (Å²) in [7, 11) is 0. The van der Waals surface area contributed by atoms with Crippen molar-refractivity contribution in [2.75, 3.05) is 6.61 Å². The summed E-state index contributed by atoms with van der Waals surface area (Å²) >= 11 is 0. The summed E-state index contributed by atoms with van der Waals surface area (Å²) in [5.41, 5.74) is 3.93. The molecule has 0 amide bonds. The Kier molecular flexibility index (Phi) is 6.06. The number of benzene rings is 3. The highest BCUT2D eigenvalue weighted by Gasteiger charge is 2.17. The molecule has 3 aromatic carbocycles. The third-order valence-corrected chi connectivity index (χ3v) is 5.55. The van der Waals surface area contributed by atoms with Crippen LogP contribution in [0.3, 0.4) is 0 Å². The molecule has 0 atom stereocenters. The van der Waals surface area contributed by atoms with E-state index in [9.17, 15) is 13.2 Å². The Bertz CT molecular complexity index is 1480. The standard InChI is InChI=1S/C28H20F3N3O/c1-2-14-35-26-15-20(29)10-11-21(26)19-8-6-18(7-9-19)16-34-13-12-24-25(17-34)33-28(32-24)22-4-3-5-23(30)27(22)31/h2-13,15,17H,1,14,16H2. The largest absolute Gasteiger partial charge is 0.489 e. The van der Waals surface area contributed by atoms with Crippen molar-refractivity contribution in [3.8, 4) is 39.7 Å². The number of hydrogen-bond donors (Lipinski definition) is 0. The van der Waals surface area contributed by atoms with Gasteiger partial charge in [0.2, 0.25) is 0 Å². The van der Waals surface area contributed by atoms with Gasteiger partial charge in [0.25, 0.3) is 0 Å². The van der Waals surface area contributed by atoms with Crippen molar-refractivity contribution in [3.05, 3.63) is 115 Å². The molecule has 0 aliphatic carbocycles. The number of halogens is 3. The van der Waals surface area contributed by atoms with Crippen LogP contribution in [0.25, 0.3) is 33.9 Å². The Morgan fingerprint density at radius 2 is 1.69 bits per heavy atom. The predicted octanol–water partition coefficient (Wildman–Crippen LogP) is 6.75. The molecule has 5 rings (SSSR count). The topological polar surface area (TPSA) is 39.9 Å². The van der Waals surface area contributed by atoms with Crippen molar-refractivity contribution in [1.82, 2.24) is 14.5 Å². The highest BCUT2D eigenvalue weighted by molar-refractivity contribution is 5.71. The molecule has 2 heterocycles. The van der Waals surface area contributed by atoms with Crippen LogP contribution < -0.4 is 4.74 Å². The molecule has 2 aliphatic heterocycles. The highest BCUT2D eigenvalue weighted by Crippen LogP contribution is 2.31. The Morgan fingerprint density at radius 3 is 2.49 bits per heavy atom. The van der Waals surface area contributed by atoms with Gasteiger partial charge in [-0.3, -0.25) is 0 Å². The molecular weight excluding hydrogens is 451 g/mol. The van der Waals surface area contributed by atoms with Gasteiger partial charge in [-0.2, -0.15) is 0 Å². The molecule has 0 fully saturated rings. The maximum atomic E-state index is 14.2. The molecule has 0 radical (unpaired) electrons. The monoisotopic (exact) mass is 471 g/mol. The maximum Gasteiger partial charge on any atom is 0.169 e. The molecule has 0 N–H and O–H groups in total. The molecule has 4 nitrogen and oxygen atoms in total. The van der Waals surface area contributed by atoms with Gasteiger partial charge in [0.05, 0.1) is 11.3 Å². The molecule has 3 aromatic rings. The van der Waals surface area contributed by atoms with Crippen molar-refractivity contribution >= 4 is 0 Å². The maximum absolute atomic E-state index is 14.2. The molecule has 7 heteroatoms. The quantitative estimate of drug-likeness (QED) is 0.247. The van der Waals surface area contributed by atoms with Crippen molar-refractivity contribution in [2.24, 2.45) is 0 Å². The van der Waals surface area contributed by atoms with Crippen LogP contribution in [0.4, 0.5) is 13.2 Å². The lowest BCUT2D eigenvalue weighted by Crippen LogP contribution is -2.01. The minimum Gasteiger partial charge on any atom is -0.489 e. The van der Waals surface area contributed by atoms with Crippen LogP contribution in [-0.2, 0) is 6.54 Å². The molecule has 35 heavy (non-hydrogen) atoms. The Hall–Kier alpha value is -4.39. The fourth-order valence-corrected chi connectivity index (χ4v) is 3.85. The lowest BCUT2D eigenvalue weighted by molar-refractivity contribution is 0.362. The number of aromatic nitrogens is 3. The van der Waals surface area contributed by atoms with E-state index < -0.39 is 11.6 Å². The van der Waals surface area contributed by atoms with Gasteiger partial charge in [-0.05, 0) is 41.5 Å². The number of fused-ring (bicyclic) bond motifs is 1. The first kappa shape index (κ1) is 22.4. The smallest absolute Gasteiger partial charge is 0.169 e. The van der Waals surface area contributed by atoms with E-state index in [4.69, 9.17) is 4.74 Å². The normalized spacial score (nSPS) is 11.1. The van der Waals surface area contributed by atoms with E-state index in [1.807, 2.05) is 41.2 Å². The molecule has 174 valence electrons. The van der Waals surface area contributed by atoms with Crippen LogP contribution in [0.5, 0.6) is 5.75 Å². The number of hydrogen-bond acceptors (Lipinski definition) is 3. The summed E-state index contributed by atoms with van der Waals surface area (Å²) < 4.78 is 49.0. The molecule has 0 saturated heterocycles. The van der Waals surface area contributed by atoms with E-state index in [-0.39, 0.29) is 23.8 Å². The lowest BCUT2D eigenvalue weighted by Gasteiger charge is -2.12. The molecule has 0 spiro atoms. The van der Waals surface area contributed by atoms with Crippen molar-refractivity contribution in [2.45, 2.75) is 6.54 Å². The lowest BCUT2D eigenvalue weighted by atomic mass is 10.0. The van der Waals surface area contributed by atoms with E-state index in [1.165, 1.54) is 24.3 Å². The van der Waals surface area contributed by atoms with Crippen LogP contribution in [0.2, 0.25) is 0 Å². The van der Waals surface area contributed by atoms with Gasteiger partial charge in [-0.1, -0.05) is 43.0 Å². The Balaban J connectivity index is 1.38. The van der Waals surface area contributed by atoms with Crippen LogP contribution in [0.1, 0.15) is 5.56 Å². The van der Waals surface area contributed by atoms with Crippen molar-refractivity contribution < 1.29 is 17.9 Å². The molecule has 0 saturated carbocycles. The molecular formula is C28H20F3N3O. The van der Waals surface area contributed by atoms with Crippen LogP contribution in [-0.4, -0.2) is 21.1 Å². The van der Waals surface area contributed by atoms with Crippen LogP contribution in [0.15, 0.2) is 91.8 Å². The minimum absolute atomic E-state index is 0.0283. The van der Waals surface area contributed by atoms with Gasteiger partial charge in [0.15, 0.2) is 17.5 Å².